The number of fused-ring (bicyclic) bond motifs is 1. The molecule has 2 N–H and O–H groups in total. The molecule has 0 fully saturated rings. The Morgan fingerprint density at radius 3 is 2.60 bits per heavy atom. The minimum Gasteiger partial charge on any atom is -0.492 e. The van der Waals surface area contributed by atoms with E-state index in [4.69, 9.17) is 10.5 Å². The quantitative estimate of drug-likeness (QED) is 0.427. The summed E-state index contributed by atoms with van der Waals surface area (Å²) in [6.07, 6.45) is 4.07. The van der Waals surface area contributed by atoms with Gasteiger partial charge in [-0.3, -0.25) is 14.2 Å². The van der Waals surface area contributed by atoms with Crippen molar-refractivity contribution in [2.24, 2.45) is 5.73 Å². The van der Waals surface area contributed by atoms with Gasteiger partial charge in [0, 0.05) is 24.9 Å². The van der Waals surface area contributed by atoms with Gasteiger partial charge in [0.1, 0.15) is 28.5 Å². The van der Waals surface area contributed by atoms with Crippen molar-refractivity contribution in [3.05, 3.63) is 63.7 Å². The van der Waals surface area contributed by atoms with E-state index in [1.54, 1.807) is 30.3 Å². The molecule has 0 aliphatic carbocycles. The second-order valence-corrected chi connectivity index (χ2v) is 11.0. The molecule has 0 radical (unpaired) electrons. The molecule has 0 saturated heterocycles. The Balaban J connectivity index is 1.92. The van der Waals surface area contributed by atoms with Crippen molar-refractivity contribution in [3.8, 4) is 11.4 Å². The van der Waals surface area contributed by atoms with Crippen molar-refractivity contribution in [1.29, 1.82) is 0 Å². The molecule has 3 rings (SSSR count). The van der Waals surface area contributed by atoms with Gasteiger partial charge in [0.15, 0.2) is 0 Å². The number of hydrogen-bond donors (Lipinski definition) is 1. The summed E-state index contributed by atoms with van der Waals surface area (Å²) in [5.74, 6) is 0.0666. The maximum Gasteiger partial charge on any atom is 0.265 e. The number of ether oxygens (including phenoxy) is 1. The Bertz CT molecular complexity index is 1400. The lowest BCUT2D eigenvalue weighted by molar-refractivity contribution is 0.0999. The van der Waals surface area contributed by atoms with Gasteiger partial charge in [-0.05, 0) is 55.8 Å². The number of carbonyl (C=O) groups excluding carboxylic acids is 1. The zero-order valence-electron chi connectivity index (χ0n) is 20.6. The third kappa shape index (κ3) is 6.46. The number of nitrogens with zero attached hydrogens (tertiary/aromatic N) is 3. The van der Waals surface area contributed by atoms with Crippen LogP contribution in [0.3, 0.4) is 0 Å². The third-order valence-corrected chi connectivity index (χ3v) is 6.73. The first kappa shape index (κ1) is 26.4. The van der Waals surface area contributed by atoms with Crippen LogP contribution >= 0.6 is 0 Å². The number of carbonyl (C=O) groups is 1. The van der Waals surface area contributed by atoms with Gasteiger partial charge in [-0.25, -0.2) is 13.4 Å². The van der Waals surface area contributed by atoms with Gasteiger partial charge in [0.05, 0.1) is 22.3 Å². The van der Waals surface area contributed by atoms with E-state index in [0.717, 1.165) is 17.5 Å². The van der Waals surface area contributed by atoms with Gasteiger partial charge in [0.25, 0.3) is 5.56 Å². The van der Waals surface area contributed by atoms with Crippen LogP contribution in [0, 0.1) is 6.92 Å². The van der Waals surface area contributed by atoms with Gasteiger partial charge >= 0.3 is 0 Å². The Labute approximate surface area is 205 Å². The molecule has 3 aromatic rings. The molecule has 0 atom stereocenters. The van der Waals surface area contributed by atoms with Gasteiger partial charge in [-0.1, -0.05) is 19.4 Å². The van der Waals surface area contributed by atoms with Crippen LogP contribution in [-0.4, -0.2) is 67.5 Å². The van der Waals surface area contributed by atoms with E-state index in [1.807, 2.05) is 25.8 Å². The molecular weight excluding hydrogens is 468 g/mol. The smallest absolute Gasteiger partial charge is 0.265 e. The normalized spacial score (nSPS) is 11.8. The number of primary amides is 1. The van der Waals surface area contributed by atoms with Gasteiger partial charge in [-0.2, -0.15) is 0 Å². The highest BCUT2D eigenvalue weighted by molar-refractivity contribution is 7.90. The second-order valence-electron chi connectivity index (χ2n) is 8.75. The third-order valence-electron chi connectivity index (χ3n) is 5.81. The maximum absolute atomic E-state index is 13.5. The molecule has 10 heteroatoms. The summed E-state index contributed by atoms with van der Waals surface area (Å²) in [7, 11) is -1.19. The first-order chi connectivity index (χ1) is 16.5. The van der Waals surface area contributed by atoms with E-state index in [2.05, 4.69) is 4.98 Å². The molecule has 2 aromatic carbocycles. The number of nitrogens with two attached hydrogens (primary N) is 1. The van der Waals surface area contributed by atoms with Crippen LogP contribution in [0.5, 0.6) is 5.75 Å². The van der Waals surface area contributed by atoms with Crippen molar-refractivity contribution in [2.45, 2.75) is 26.7 Å². The molecule has 0 bridgehead atoms. The maximum atomic E-state index is 13.5. The number of aromatic nitrogens is 2. The van der Waals surface area contributed by atoms with Crippen LogP contribution in [0.1, 0.15) is 34.8 Å². The molecule has 0 unspecified atom stereocenters. The van der Waals surface area contributed by atoms with Crippen molar-refractivity contribution in [3.63, 3.8) is 0 Å². The van der Waals surface area contributed by atoms with Crippen LogP contribution < -0.4 is 16.0 Å². The zero-order chi connectivity index (χ0) is 25.8. The van der Waals surface area contributed by atoms with Gasteiger partial charge in [-0.15, -0.1) is 0 Å². The Morgan fingerprint density at radius 1 is 1.20 bits per heavy atom. The molecular formula is C25H32N4O5S. The van der Waals surface area contributed by atoms with E-state index in [1.165, 1.54) is 17.2 Å². The molecule has 35 heavy (non-hydrogen) atoms. The monoisotopic (exact) mass is 500 g/mol. The molecule has 0 saturated carbocycles. The largest absolute Gasteiger partial charge is 0.492 e. The predicted octanol–water partition coefficient (Wildman–Crippen LogP) is 2.10. The van der Waals surface area contributed by atoms with E-state index < -0.39 is 15.7 Å². The van der Waals surface area contributed by atoms with E-state index in [0.29, 0.717) is 54.0 Å². The Hall–Kier alpha value is -3.24. The summed E-state index contributed by atoms with van der Waals surface area (Å²) in [5.41, 5.74) is 8.46. The average Bonchev–Trinajstić information content (AvgIpc) is 2.79. The highest BCUT2D eigenvalue weighted by atomic mass is 32.2. The zero-order valence-corrected chi connectivity index (χ0v) is 21.4. The summed E-state index contributed by atoms with van der Waals surface area (Å²) in [5, 5.41) is 0.391. The molecule has 1 heterocycles. The molecule has 1 aromatic heterocycles. The van der Waals surface area contributed by atoms with Crippen LogP contribution in [-0.2, 0) is 16.3 Å². The number of likely N-dealkylation sites (N-methyl/N-ethyl adjacent to an activating group) is 1. The highest BCUT2D eigenvalue weighted by Gasteiger charge is 2.18. The van der Waals surface area contributed by atoms with Crippen LogP contribution in [0.25, 0.3) is 16.6 Å². The second kappa shape index (κ2) is 11.0. The minimum absolute atomic E-state index is 0.0844. The number of rotatable bonds is 11. The summed E-state index contributed by atoms with van der Waals surface area (Å²) in [6.45, 7) is 5.17. The molecule has 9 nitrogen and oxygen atoms in total. The van der Waals surface area contributed by atoms with E-state index in [-0.39, 0.29) is 11.3 Å². The van der Waals surface area contributed by atoms with Crippen molar-refractivity contribution >= 4 is 26.6 Å². The first-order valence-corrected chi connectivity index (χ1v) is 13.5. The van der Waals surface area contributed by atoms with Gasteiger partial charge < -0.3 is 15.4 Å². The van der Waals surface area contributed by atoms with E-state index in [9.17, 15) is 18.0 Å². The molecule has 1 amide bonds. The molecule has 188 valence electrons. The average molecular weight is 501 g/mol. The fourth-order valence-corrected chi connectivity index (χ4v) is 4.57. The van der Waals surface area contributed by atoms with Crippen molar-refractivity contribution in [2.75, 3.05) is 38.8 Å². The fraction of sp³-hybridized carbons (Fsp3) is 0.400. The fourth-order valence-electron chi connectivity index (χ4n) is 3.93. The topological polar surface area (TPSA) is 125 Å². The number of sulfone groups is 1. The molecule has 0 spiro atoms. The van der Waals surface area contributed by atoms with Crippen molar-refractivity contribution in [1.82, 2.24) is 14.5 Å². The molecule has 0 aliphatic rings. The number of aryl methyl sites for hydroxylation is 1. The van der Waals surface area contributed by atoms with Crippen molar-refractivity contribution < 1.29 is 17.9 Å². The summed E-state index contributed by atoms with van der Waals surface area (Å²) >= 11 is 0. The standard InChI is InChI=1S/C25H32N4O5S/c1-5-6-19-20(24(26)30)9-7-17(2)23(19)29-16-27-22-10-8-18(15-21(22)25(29)31)34-13-11-28(3)12-14-35(4,32)33/h7-10,15-16H,5-6,11-14H2,1-4H3,(H2,26,30). The summed E-state index contributed by atoms with van der Waals surface area (Å²) in [4.78, 5) is 31.9. The summed E-state index contributed by atoms with van der Waals surface area (Å²) < 4.78 is 30.0. The highest BCUT2D eigenvalue weighted by Crippen LogP contribution is 2.25. The van der Waals surface area contributed by atoms with Crippen LogP contribution in [0.4, 0.5) is 0 Å². The Morgan fingerprint density at radius 2 is 1.94 bits per heavy atom. The van der Waals surface area contributed by atoms with Gasteiger partial charge in [0.2, 0.25) is 5.91 Å². The minimum atomic E-state index is -3.02. The lowest BCUT2D eigenvalue weighted by Gasteiger charge is -2.18. The SMILES string of the molecule is CCCc1c(C(N)=O)ccc(C)c1-n1cnc2ccc(OCCN(C)CCS(C)(=O)=O)cc2c1=O. The summed E-state index contributed by atoms with van der Waals surface area (Å²) in [6, 6.07) is 8.61. The molecule has 0 aliphatic heterocycles. The first-order valence-electron chi connectivity index (χ1n) is 11.4. The number of amides is 1. The number of hydrogen-bond acceptors (Lipinski definition) is 7. The lowest BCUT2D eigenvalue weighted by atomic mass is 9.97. The van der Waals surface area contributed by atoms with E-state index >= 15 is 0 Å². The predicted molar refractivity (Wildman–Crippen MR) is 137 cm³/mol. The van der Waals surface area contributed by atoms with Crippen LogP contribution in [0.2, 0.25) is 0 Å². The Kier molecular flexibility index (Phi) is 8.29. The number of benzene rings is 2. The van der Waals surface area contributed by atoms with Crippen LogP contribution in [0.15, 0.2) is 41.5 Å². The lowest BCUT2D eigenvalue weighted by Crippen LogP contribution is -2.29.